The average molecular weight is 520 g/mol. The van der Waals surface area contributed by atoms with Gasteiger partial charge in [0.15, 0.2) is 0 Å². The van der Waals surface area contributed by atoms with Crippen molar-refractivity contribution < 1.29 is 4.39 Å². The molecule has 0 fully saturated rings. The van der Waals surface area contributed by atoms with Gasteiger partial charge in [0.2, 0.25) is 5.56 Å². The summed E-state index contributed by atoms with van der Waals surface area (Å²) in [5.74, 6) is -0.683. The molecule has 0 radical (unpaired) electrons. The van der Waals surface area contributed by atoms with Crippen molar-refractivity contribution in [2.75, 3.05) is 0 Å². The zero-order chi connectivity index (χ0) is 25.6. The lowest BCUT2D eigenvalue weighted by Gasteiger charge is -2.17. The van der Waals surface area contributed by atoms with Crippen molar-refractivity contribution in [3.05, 3.63) is 102 Å². The molecule has 178 valence electrons. The fourth-order valence-corrected chi connectivity index (χ4v) is 5.20. The predicted molar refractivity (Wildman–Crippen MR) is 136 cm³/mol. The molecule has 11 heteroatoms. The van der Waals surface area contributed by atoms with Gasteiger partial charge < -0.3 is 4.98 Å². The third-order valence-corrected chi connectivity index (χ3v) is 6.83. The minimum atomic E-state index is -0.822. The Labute approximate surface area is 211 Å². The fraction of sp³-hybridized carbons (Fsp3) is 0.0800. The van der Waals surface area contributed by atoms with Crippen LogP contribution in [0.5, 0.6) is 0 Å². The van der Waals surface area contributed by atoms with Gasteiger partial charge in [-0.15, -0.1) is 11.3 Å². The first-order valence-electron chi connectivity index (χ1n) is 10.6. The molecule has 5 aromatic rings. The summed E-state index contributed by atoms with van der Waals surface area (Å²) >= 11 is 7.29. The van der Waals surface area contributed by atoms with E-state index < -0.39 is 29.2 Å². The van der Waals surface area contributed by atoms with Gasteiger partial charge in [-0.3, -0.25) is 14.2 Å². The summed E-state index contributed by atoms with van der Waals surface area (Å²) in [4.78, 5) is 47.0. The van der Waals surface area contributed by atoms with Crippen LogP contribution in [0.15, 0.2) is 69.0 Å². The molecule has 36 heavy (non-hydrogen) atoms. The Morgan fingerprint density at radius 1 is 1.14 bits per heavy atom. The monoisotopic (exact) mass is 519 g/mol. The molecule has 0 spiro atoms. The maximum absolute atomic E-state index is 14.0. The molecular formula is C25H15ClFN5O3S. The smallest absolute Gasteiger partial charge is 0.326 e. The van der Waals surface area contributed by atoms with Gasteiger partial charge in [-0.1, -0.05) is 29.8 Å². The molecule has 2 aromatic carbocycles. The van der Waals surface area contributed by atoms with Crippen molar-refractivity contribution in [3.63, 3.8) is 0 Å². The number of aromatic nitrogens is 4. The van der Waals surface area contributed by atoms with E-state index in [0.717, 1.165) is 26.0 Å². The number of fused-ring (bicyclic) bond motifs is 1. The van der Waals surface area contributed by atoms with E-state index >= 15 is 0 Å². The number of thiazole rings is 1. The van der Waals surface area contributed by atoms with Gasteiger partial charge in [0, 0.05) is 11.8 Å². The molecule has 0 unspecified atom stereocenters. The van der Waals surface area contributed by atoms with Crippen LogP contribution in [0.1, 0.15) is 5.69 Å². The topological polar surface area (TPSA) is 114 Å². The highest BCUT2D eigenvalue weighted by molar-refractivity contribution is 7.21. The van der Waals surface area contributed by atoms with Crippen molar-refractivity contribution >= 4 is 33.2 Å². The molecule has 0 aliphatic rings. The number of hydrogen-bond donors (Lipinski definition) is 1. The highest BCUT2D eigenvalue weighted by atomic mass is 35.5. The molecule has 8 nitrogen and oxygen atoms in total. The largest absolute Gasteiger partial charge is 0.337 e. The number of aromatic amines is 1. The first kappa shape index (κ1) is 23.4. The maximum atomic E-state index is 14.0. The van der Waals surface area contributed by atoms with E-state index in [9.17, 15) is 24.0 Å². The minimum absolute atomic E-state index is 0.0104. The van der Waals surface area contributed by atoms with Gasteiger partial charge in [0.1, 0.15) is 17.4 Å². The number of nitriles is 1. The number of nitrogens with one attached hydrogen (secondary N) is 1. The van der Waals surface area contributed by atoms with Crippen LogP contribution in [0, 0.1) is 24.1 Å². The first-order valence-corrected chi connectivity index (χ1v) is 11.8. The van der Waals surface area contributed by atoms with E-state index in [4.69, 9.17) is 11.6 Å². The molecule has 0 aliphatic carbocycles. The van der Waals surface area contributed by atoms with Gasteiger partial charge in [-0.2, -0.15) is 5.26 Å². The fourth-order valence-electron chi connectivity index (χ4n) is 4.00. The van der Waals surface area contributed by atoms with E-state index in [-0.39, 0.29) is 27.5 Å². The number of H-pyrrole nitrogens is 1. The standard InChI is InChI=1S/C25H15ClFN5O3S/c1-13-10-15(12-20(33)29-13)32-24(34)21(14-6-7-17(27)16(26)11-14)22(31(9-8-28)25(32)35)23-30-18-4-2-3-5-19(18)36-23/h2-7,10-12H,9H2,1H3,(H,29,33). The average Bonchev–Trinajstić information content (AvgIpc) is 3.26. The number of aryl methyl sites for hydroxylation is 1. The van der Waals surface area contributed by atoms with Gasteiger partial charge in [0.05, 0.1) is 38.3 Å². The van der Waals surface area contributed by atoms with Crippen LogP contribution in [0.2, 0.25) is 5.02 Å². The van der Waals surface area contributed by atoms with Crippen molar-refractivity contribution in [2.45, 2.75) is 13.5 Å². The lowest BCUT2D eigenvalue weighted by atomic mass is 10.0. The quantitative estimate of drug-likeness (QED) is 0.381. The number of hydrogen-bond acceptors (Lipinski definition) is 6. The minimum Gasteiger partial charge on any atom is -0.326 e. The summed E-state index contributed by atoms with van der Waals surface area (Å²) in [7, 11) is 0. The number of para-hydroxylation sites is 1. The third kappa shape index (κ3) is 3.94. The summed E-state index contributed by atoms with van der Waals surface area (Å²) in [5.41, 5.74) is -0.676. The van der Waals surface area contributed by atoms with Crippen molar-refractivity contribution in [3.8, 4) is 33.6 Å². The van der Waals surface area contributed by atoms with E-state index in [1.165, 1.54) is 29.5 Å². The maximum Gasteiger partial charge on any atom is 0.337 e. The van der Waals surface area contributed by atoms with Gasteiger partial charge >= 0.3 is 5.69 Å². The molecule has 1 N–H and O–H groups in total. The molecule has 0 atom stereocenters. The van der Waals surface area contributed by atoms with Crippen molar-refractivity contribution in [2.24, 2.45) is 0 Å². The van der Waals surface area contributed by atoms with Crippen LogP contribution < -0.4 is 16.8 Å². The molecule has 3 aromatic heterocycles. The Bertz CT molecular complexity index is 1860. The summed E-state index contributed by atoms with van der Waals surface area (Å²) in [5, 5.41) is 9.68. The van der Waals surface area contributed by atoms with E-state index in [1.54, 1.807) is 13.0 Å². The third-order valence-electron chi connectivity index (χ3n) is 5.50. The molecule has 0 saturated carbocycles. The summed E-state index contributed by atoms with van der Waals surface area (Å²) < 4.78 is 16.8. The number of halogens is 2. The van der Waals surface area contributed by atoms with Crippen molar-refractivity contribution in [1.82, 2.24) is 19.1 Å². The van der Waals surface area contributed by atoms with Crippen LogP contribution >= 0.6 is 22.9 Å². The number of rotatable bonds is 4. The lowest BCUT2D eigenvalue weighted by molar-refractivity contribution is 0.628. The van der Waals surface area contributed by atoms with Crippen LogP contribution in [0.25, 0.3) is 37.7 Å². The van der Waals surface area contributed by atoms with Gasteiger partial charge in [-0.25, -0.2) is 18.7 Å². The van der Waals surface area contributed by atoms with Crippen LogP contribution in [0.3, 0.4) is 0 Å². The summed E-state index contributed by atoms with van der Waals surface area (Å²) in [6.07, 6.45) is 0. The molecule has 0 bridgehead atoms. The van der Waals surface area contributed by atoms with Gasteiger partial charge in [0.25, 0.3) is 5.56 Å². The SMILES string of the molecule is Cc1cc(-n2c(=O)c(-c3ccc(F)c(Cl)c3)c(-c3nc4ccccc4s3)n(CC#N)c2=O)cc(=O)[nH]1. The van der Waals surface area contributed by atoms with Gasteiger partial charge in [-0.05, 0) is 42.8 Å². The molecule has 5 rings (SSSR count). The normalized spacial score (nSPS) is 11.1. The molecule has 0 saturated heterocycles. The molecule has 3 heterocycles. The van der Waals surface area contributed by atoms with E-state index in [1.807, 2.05) is 24.3 Å². The number of pyridine rings is 1. The molecule has 0 aliphatic heterocycles. The number of benzene rings is 2. The Hall–Kier alpha value is -4.33. The second-order valence-corrected chi connectivity index (χ2v) is 9.33. The van der Waals surface area contributed by atoms with Crippen LogP contribution in [-0.4, -0.2) is 19.1 Å². The Kier molecular flexibility index (Phi) is 5.88. The highest BCUT2D eigenvalue weighted by Crippen LogP contribution is 2.35. The van der Waals surface area contributed by atoms with Crippen LogP contribution in [0.4, 0.5) is 4.39 Å². The molecule has 0 amide bonds. The second-order valence-electron chi connectivity index (χ2n) is 7.89. The number of nitrogens with zero attached hydrogens (tertiary/aromatic N) is 4. The zero-order valence-electron chi connectivity index (χ0n) is 18.6. The first-order chi connectivity index (χ1) is 17.3. The summed E-state index contributed by atoms with van der Waals surface area (Å²) in [6, 6.07) is 15.6. The zero-order valence-corrected chi connectivity index (χ0v) is 20.2. The summed E-state index contributed by atoms with van der Waals surface area (Å²) in [6.45, 7) is 1.20. The van der Waals surface area contributed by atoms with E-state index in [0.29, 0.717) is 16.2 Å². The Morgan fingerprint density at radius 3 is 2.61 bits per heavy atom. The predicted octanol–water partition coefficient (Wildman–Crippen LogP) is 4.26. The van der Waals surface area contributed by atoms with Crippen molar-refractivity contribution in [1.29, 1.82) is 5.26 Å². The lowest BCUT2D eigenvalue weighted by Crippen LogP contribution is -2.41. The van der Waals surface area contributed by atoms with E-state index in [2.05, 4.69) is 9.97 Å². The highest BCUT2D eigenvalue weighted by Gasteiger charge is 2.25. The Morgan fingerprint density at radius 2 is 1.92 bits per heavy atom. The Balaban J connectivity index is 1.98. The molecular weight excluding hydrogens is 505 g/mol. The van der Waals surface area contributed by atoms with Crippen LogP contribution in [-0.2, 0) is 6.54 Å². The second kappa shape index (κ2) is 9.03.